The van der Waals surface area contributed by atoms with Crippen LogP contribution in [0.1, 0.15) is 10.4 Å². The molecule has 0 unspecified atom stereocenters. The molecule has 0 aromatic heterocycles. The highest BCUT2D eigenvalue weighted by Gasteiger charge is 2.14. The molecule has 1 amide bonds. The van der Waals surface area contributed by atoms with Crippen molar-refractivity contribution < 1.29 is 9.90 Å². The summed E-state index contributed by atoms with van der Waals surface area (Å²) < 4.78 is 0.915. The van der Waals surface area contributed by atoms with E-state index in [1.54, 1.807) is 30.3 Å². The lowest BCUT2D eigenvalue weighted by Gasteiger charge is -2.09. The Morgan fingerprint density at radius 2 is 1.75 bits per heavy atom. The Hall–Kier alpha value is -0.750. The third kappa shape index (κ3) is 3.28. The van der Waals surface area contributed by atoms with E-state index in [1.165, 1.54) is 0 Å². The Balaban J connectivity index is 2.30. The van der Waals surface area contributed by atoms with E-state index < -0.39 is 0 Å². The monoisotopic (exact) mass is 437 g/mol. The van der Waals surface area contributed by atoms with Gasteiger partial charge in [0, 0.05) is 5.69 Å². The number of benzene rings is 2. The second kappa shape index (κ2) is 6.35. The number of phenols is 1. The van der Waals surface area contributed by atoms with E-state index in [-0.39, 0.29) is 22.2 Å². The molecular formula is C13H7Br2Cl2NO2. The maximum atomic E-state index is 12.1. The molecule has 0 aliphatic carbocycles. The van der Waals surface area contributed by atoms with Crippen LogP contribution in [0.15, 0.2) is 39.3 Å². The molecule has 104 valence electrons. The standard InChI is InChI=1S/C13H7Br2Cl2NO2/c14-8-4-6(5-9(15)12(8)19)18-13(20)7-2-1-3-10(16)11(7)17/h1-5,19H,(H,18,20). The Morgan fingerprint density at radius 1 is 1.15 bits per heavy atom. The molecule has 0 saturated carbocycles. The van der Waals surface area contributed by atoms with Crippen LogP contribution in [0.3, 0.4) is 0 Å². The second-order valence-corrected chi connectivity index (χ2v) is 6.34. The molecule has 20 heavy (non-hydrogen) atoms. The van der Waals surface area contributed by atoms with E-state index in [0.717, 1.165) is 0 Å². The third-order valence-corrected chi connectivity index (χ3v) is 4.50. The van der Waals surface area contributed by atoms with Crippen LogP contribution in [0.5, 0.6) is 5.75 Å². The highest BCUT2D eigenvalue weighted by molar-refractivity contribution is 9.11. The molecule has 0 heterocycles. The minimum atomic E-state index is -0.387. The van der Waals surface area contributed by atoms with Gasteiger partial charge >= 0.3 is 0 Å². The highest BCUT2D eigenvalue weighted by atomic mass is 79.9. The maximum Gasteiger partial charge on any atom is 0.257 e. The fourth-order valence-corrected chi connectivity index (χ4v) is 3.09. The summed E-state index contributed by atoms with van der Waals surface area (Å²) in [4.78, 5) is 12.1. The predicted octanol–water partition coefficient (Wildman–Crippen LogP) is 5.48. The Kier molecular flexibility index (Phi) is 4.96. The zero-order valence-electron chi connectivity index (χ0n) is 9.75. The lowest BCUT2D eigenvalue weighted by Crippen LogP contribution is -2.12. The van der Waals surface area contributed by atoms with Gasteiger partial charge in [-0.1, -0.05) is 29.3 Å². The van der Waals surface area contributed by atoms with E-state index in [1.807, 2.05) is 0 Å². The van der Waals surface area contributed by atoms with Gasteiger partial charge in [0.05, 0.1) is 24.6 Å². The molecule has 2 aromatic carbocycles. The lowest BCUT2D eigenvalue weighted by atomic mass is 10.2. The van der Waals surface area contributed by atoms with Crippen LogP contribution in [-0.2, 0) is 0 Å². The number of anilines is 1. The van der Waals surface area contributed by atoms with Gasteiger partial charge in [-0.2, -0.15) is 0 Å². The van der Waals surface area contributed by atoms with Crippen molar-refractivity contribution in [3.63, 3.8) is 0 Å². The van der Waals surface area contributed by atoms with Crippen molar-refractivity contribution in [2.45, 2.75) is 0 Å². The predicted molar refractivity (Wildman–Crippen MR) is 87.9 cm³/mol. The van der Waals surface area contributed by atoms with E-state index in [2.05, 4.69) is 37.2 Å². The summed E-state index contributed by atoms with van der Waals surface area (Å²) in [6.07, 6.45) is 0. The van der Waals surface area contributed by atoms with E-state index in [0.29, 0.717) is 19.7 Å². The van der Waals surface area contributed by atoms with Gasteiger partial charge in [0.1, 0.15) is 5.75 Å². The first-order valence-corrected chi connectivity index (χ1v) is 7.67. The van der Waals surface area contributed by atoms with Gasteiger partial charge in [0.2, 0.25) is 0 Å². The van der Waals surface area contributed by atoms with Crippen LogP contribution in [0.2, 0.25) is 10.0 Å². The number of carbonyl (C=O) groups excluding carboxylic acids is 1. The van der Waals surface area contributed by atoms with Gasteiger partial charge in [-0.3, -0.25) is 4.79 Å². The number of halogens is 4. The molecule has 0 saturated heterocycles. The minimum Gasteiger partial charge on any atom is -0.506 e. The van der Waals surface area contributed by atoms with Crippen molar-refractivity contribution >= 4 is 66.7 Å². The van der Waals surface area contributed by atoms with Gasteiger partial charge in [-0.15, -0.1) is 0 Å². The van der Waals surface area contributed by atoms with E-state index >= 15 is 0 Å². The van der Waals surface area contributed by atoms with E-state index in [9.17, 15) is 9.90 Å². The number of carbonyl (C=O) groups is 1. The van der Waals surface area contributed by atoms with Crippen molar-refractivity contribution in [2.24, 2.45) is 0 Å². The molecule has 0 radical (unpaired) electrons. The van der Waals surface area contributed by atoms with Crippen LogP contribution in [0, 0.1) is 0 Å². The Labute approximate surface area is 142 Å². The minimum absolute atomic E-state index is 0.0591. The molecule has 2 N–H and O–H groups in total. The number of hydrogen-bond donors (Lipinski definition) is 2. The quantitative estimate of drug-likeness (QED) is 0.609. The molecule has 0 atom stereocenters. The fraction of sp³-hybridized carbons (Fsp3) is 0. The van der Waals surface area contributed by atoms with Gasteiger partial charge in [-0.05, 0) is 56.1 Å². The summed E-state index contributed by atoms with van der Waals surface area (Å²) in [6.45, 7) is 0. The first kappa shape index (κ1) is 15.6. The zero-order valence-corrected chi connectivity index (χ0v) is 14.4. The number of phenolic OH excluding ortho intramolecular Hbond substituents is 1. The van der Waals surface area contributed by atoms with Crippen molar-refractivity contribution in [2.75, 3.05) is 5.32 Å². The Morgan fingerprint density at radius 3 is 2.35 bits per heavy atom. The van der Waals surface area contributed by atoms with Crippen LogP contribution in [-0.4, -0.2) is 11.0 Å². The first-order valence-electron chi connectivity index (χ1n) is 5.33. The van der Waals surface area contributed by atoms with Crippen LogP contribution >= 0.6 is 55.1 Å². The van der Waals surface area contributed by atoms with Crippen LogP contribution in [0.25, 0.3) is 0 Å². The normalized spacial score (nSPS) is 10.4. The molecule has 0 spiro atoms. The molecule has 7 heteroatoms. The number of hydrogen-bond acceptors (Lipinski definition) is 2. The fourth-order valence-electron chi connectivity index (χ4n) is 1.52. The average molecular weight is 440 g/mol. The number of nitrogens with one attached hydrogen (secondary N) is 1. The largest absolute Gasteiger partial charge is 0.506 e. The van der Waals surface area contributed by atoms with Crippen molar-refractivity contribution in [3.8, 4) is 5.75 Å². The summed E-state index contributed by atoms with van der Waals surface area (Å²) in [5.74, 6) is -0.328. The van der Waals surface area contributed by atoms with Crippen LogP contribution in [0.4, 0.5) is 5.69 Å². The molecule has 0 aliphatic rings. The molecule has 2 aromatic rings. The third-order valence-electron chi connectivity index (χ3n) is 2.47. The molecule has 3 nitrogen and oxygen atoms in total. The number of rotatable bonds is 2. The summed E-state index contributed by atoms with van der Waals surface area (Å²) >= 11 is 18.2. The van der Waals surface area contributed by atoms with Crippen LogP contribution < -0.4 is 5.32 Å². The van der Waals surface area contributed by atoms with E-state index in [4.69, 9.17) is 23.2 Å². The molecule has 2 rings (SSSR count). The van der Waals surface area contributed by atoms with Gasteiger partial charge < -0.3 is 10.4 Å². The maximum absolute atomic E-state index is 12.1. The van der Waals surface area contributed by atoms with Gasteiger partial charge in [0.15, 0.2) is 0 Å². The van der Waals surface area contributed by atoms with Gasteiger partial charge in [-0.25, -0.2) is 0 Å². The number of amides is 1. The molecular weight excluding hydrogens is 433 g/mol. The summed E-state index contributed by atoms with van der Waals surface area (Å²) in [5.41, 5.74) is 0.780. The second-order valence-electron chi connectivity index (χ2n) is 3.84. The van der Waals surface area contributed by atoms with Crippen molar-refractivity contribution in [1.29, 1.82) is 0 Å². The first-order chi connectivity index (χ1) is 9.40. The topological polar surface area (TPSA) is 49.3 Å². The summed E-state index contributed by atoms with van der Waals surface area (Å²) in [6, 6.07) is 7.99. The average Bonchev–Trinajstić information content (AvgIpc) is 2.39. The molecule has 0 fully saturated rings. The summed E-state index contributed by atoms with van der Waals surface area (Å²) in [5, 5.41) is 12.8. The molecule has 0 aliphatic heterocycles. The van der Waals surface area contributed by atoms with Gasteiger partial charge in [0.25, 0.3) is 5.91 Å². The van der Waals surface area contributed by atoms with Crippen molar-refractivity contribution in [1.82, 2.24) is 0 Å². The molecule has 0 bridgehead atoms. The zero-order chi connectivity index (χ0) is 14.9. The smallest absolute Gasteiger partial charge is 0.257 e. The van der Waals surface area contributed by atoms with Crippen molar-refractivity contribution in [3.05, 3.63) is 54.9 Å². The SMILES string of the molecule is O=C(Nc1cc(Br)c(O)c(Br)c1)c1cccc(Cl)c1Cl. The number of aromatic hydroxyl groups is 1. The Bertz CT molecular complexity index is 669. The lowest BCUT2D eigenvalue weighted by molar-refractivity contribution is 0.102. The summed E-state index contributed by atoms with van der Waals surface area (Å²) in [7, 11) is 0. The highest BCUT2D eigenvalue weighted by Crippen LogP contribution is 2.35.